The Labute approximate surface area is 113 Å². The van der Waals surface area contributed by atoms with Crippen LogP contribution in [-0.4, -0.2) is 27.2 Å². The van der Waals surface area contributed by atoms with Crippen molar-refractivity contribution in [2.45, 2.75) is 51.9 Å². The number of hydrogen-bond acceptors (Lipinski definition) is 3. The molecule has 0 radical (unpaired) electrons. The molecule has 0 bridgehead atoms. The van der Waals surface area contributed by atoms with Crippen molar-refractivity contribution in [3.63, 3.8) is 0 Å². The minimum atomic E-state index is -1.14. The second kappa shape index (κ2) is 5.57. The Kier molecular flexibility index (Phi) is 4.78. The van der Waals surface area contributed by atoms with Gasteiger partial charge in [0.15, 0.2) is 0 Å². The molecule has 4 heteroatoms. The van der Waals surface area contributed by atoms with E-state index in [1.165, 1.54) is 0 Å². The predicted molar refractivity (Wildman–Crippen MR) is 80.1 cm³/mol. The van der Waals surface area contributed by atoms with Crippen molar-refractivity contribution in [1.29, 1.82) is 0 Å². The van der Waals surface area contributed by atoms with E-state index in [0.717, 1.165) is 17.8 Å². The molecule has 3 nitrogen and oxygen atoms in total. The summed E-state index contributed by atoms with van der Waals surface area (Å²) in [6.45, 7) is 10.9. The largest absolute Gasteiger partial charge is 0.327 e. The van der Waals surface area contributed by atoms with E-state index in [0.29, 0.717) is 0 Å². The predicted octanol–water partition coefficient (Wildman–Crippen LogP) is 3.89. The van der Waals surface area contributed by atoms with Gasteiger partial charge in [-0.1, -0.05) is 27.7 Å². The second-order valence-electron chi connectivity index (χ2n) is 5.83. The van der Waals surface area contributed by atoms with E-state index in [1.54, 1.807) is 12.4 Å². The molecule has 1 heterocycles. The van der Waals surface area contributed by atoms with Crippen LogP contribution in [0.4, 0.5) is 0 Å². The van der Waals surface area contributed by atoms with E-state index in [-0.39, 0.29) is 10.9 Å². The molecule has 1 aromatic rings. The zero-order valence-corrected chi connectivity index (χ0v) is 13.5. The van der Waals surface area contributed by atoms with Gasteiger partial charge in [0.1, 0.15) is 6.10 Å². The first-order chi connectivity index (χ1) is 8.19. The van der Waals surface area contributed by atoms with Gasteiger partial charge in [-0.3, -0.25) is 9.97 Å². The molecule has 18 heavy (non-hydrogen) atoms. The summed E-state index contributed by atoms with van der Waals surface area (Å²) in [5, 5.41) is 0. The molecule has 0 aliphatic heterocycles. The number of aromatic nitrogens is 2. The molecule has 1 unspecified atom stereocenters. The van der Waals surface area contributed by atoms with E-state index in [9.17, 15) is 0 Å². The quantitative estimate of drug-likeness (QED) is 0.832. The van der Waals surface area contributed by atoms with Crippen LogP contribution in [0, 0.1) is 0 Å². The first-order valence-electron chi connectivity index (χ1n) is 6.40. The summed E-state index contributed by atoms with van der Waals surface area (Å²) in [5.74, 6) is 0. The van der Waals surface area contributed by atoms with Gasteiger partial charge >= 0.3 is 0 Å². The summed E-state index contributed by atoms with van der Waals surface area (Å²) >= 11 is 0. The highest BCUT2D eigenvalue weighted by molar-refractivity contribution is 8.29. The molecule has 0 fully saturated rings. The zero-order valence-electron chi connectivity index (χ0n) is 12.7. The monoisotopic (exact) mass is 270 g/mol. The maximum absolute atomic E-state index is 6.31. The van der Waals surface area contributed by atoms with Crippen molar-refractivity contribution >= 4 is 10.3 Å². The standard InChI is InChI=1S/C14H26N2OS/c1-8-12-13(16-10-9-15-12)11(2)17-18(6,7)14(3,4)5/h9-11H,8H2,1-7H3. The van der Waals surface area contributed by atoms with Gasteiger partial charge in [0.05, 0.1) is 11.4 Å². The molecule has 104 valence electrons. The third kappa shape index (κ3) is 3.45. The van der Waals surface area contributed by atoms with Gasteiger partial charge in [-0.05, 0) is 25.9 Å². The SMILES string of the molecule is CCc1nccnc1C(C)OS(C)(C)C(C)(C)C. The van der Waals surface area contributed by atoms with Crippen molar-refractivity contribution in [3.8, 4) is 0 Å². The van der Waals surface area contributed by atoms with Crippen LogP contribution in [0.2, 0.25) is 0 Å². The molecule has 0 aliphatic rings. The van der Waals surface area contributed by atoms with Crippen LogP contribution in [0.15, 0.2) is 12.4 Å². The highest BCUT2D eigenvalue weighted by Crippen LogP contribution is 2.56. The smallest absolute Gasteiger partial charge is 0.111 e. The molecule has 0 saturated carbocycles. The Balaban J connectivity index is 2.92. The van der Waals surface area contributed by atoms with Crippen molar-refractivity contribution in [2.75, 3.05) is 12.5 Å². The van der Waals surface area contributed by atoms with E-state index in [4.69, 9.17) is 4.18 Å². The lowest BCUT2D eigenvalue weighted by atomic mass is 10.2. The molecule has 0 N–H and O–H groups in total. The third-order valence-corrected chi connectivity index (χ3v) is 7.11. The van der Waals surface area contributed by atoms with E-state index in [1.807, 2.05) is 0 Å². The lowest BCUT2D eigenvalue weighted by molar-refractivity contribution is 0.246. The highest BCUT2D eigenvalue weighted by Gasteiger charge is 2.31. The Morgan fingerprint density at radius 1 is 1.22 bits per heavy atom. The van der Waals surface area contributed by atoms with Crippen LogP contribution >= 0.6 is 10.3 Å². The Bertz CT molecular complexity index is 399. The minimum Gasteiger partial charge on any atom is -0.327 e. The Morgan fingerprint density at radius 2 is 1.78 bits per heavy atom. The van der Waals surface area contributed by atoms with Crippen LogP contribution in [-0.2, 0) is 10.6 Å². The maximum Gasteiger partial charge on any atom is 0.111 e. The Morgan fingerprint density at radius 3 is 2.28 bits per heavy atom. The zero-order chi connectivity index (χ0) is 14.0. The first-order valence-corrected chi connectivity index (χ1v) is 8.77. The summed E-state index contributed by atoms with van der Waals surface area (Å²) < 4.78 is 6.47. The van der Waals surface area contributed by atoms with Crippen LogP contribution in [0.3, 0.4) is 0 Å². The molecular formula is C14H26N2OS. The number of nitrogens with zero attached hydrogens (tertiary/aromatic N) is 2. The van der Waals surface area contributed by atoms with Crippen molar-refractivity contribution in [3.05, 3.63) is 23.8 Å². The minimum absolute atomic E-state index is 0.00197. The number of hydrogen-bond donors (Lipinski definition) is 0. The topological polar surface area (TPSA) is 35.0 Å². The van der Waals surface area contributed by atoms with Crippen molar-refractivity contribution in [2.24, 2.45) is 0 Å². The molecule has 0 amide bonds. The van der Waals surface area contributed by atoms with Crippen molar-refractivity contribution < 1.29 is 4.18 Å². The molecule has 0 spiro atoms. The second-order valence-corrected chi connectivity index (χ2v) is 9.71. The van der Waals surface area contributed by atoms with Gasteiger partial charge in [0.2, 0.25) is 0 Å². The lowest BCUT2D eigenvalue weighted by Gasteiger charge is -2.45. The van der Waals surface area contributed by atoms with Crippen molar-refractivity contribution in [1.82, 2.24) is 9.97 Å². The summed E-state index contributed by atoms with van der Waals surface area (Å²) in [6.07, 6.45) is 8.81. The van der Waals surface area contributed by atoms with Gasteiger partial charge in [0, 0.05) is 17.1 Å². The fraction of sp³-hybridized carbons (Fsp3) is 0.714. The van der Waals surface area contributed by atoms with Gasteiger partial charge in [0.25, 0.3) is 0 Å². The summed E-state index contributed by atoms with van der Waals surface area (Å²) in [5.41, 5.74) is 2.01. The molecule has 0 aromatic carbocycles. The molecular weight excluding hydrogens is 244 g/mol. The van der Waals surface area contributed by atoms with E-state index in [2.05, 4.69) is 57.1 Å². The van der Waals surface area contributed by atoms with Gasteiger partial charge in [-0.2, -0.15) is 0 Å². The van der Waals surface area contributed by atoms with Crippen LogP contribution < -0.4 is 0 Å². The summed E-state index contributed by atoms with van der Waals surface area (Å²) in [7, 11) is -1.14. The molecule has 1 rings (SSSR count). The lowest BCUT2D eigenvalue weighted by Crippen LogP contribution is -2.26. The van der Waals surface area contributed by atoms with Crippen LogP contribution in [0.25, 0.3) is 0 Å². The number of rotatable bonds is 4. The van der Waals surface area contributed by atoms with Gasteiger partial charge in [-0.25, -0.2) is 0 Å². The van der Waals surface area contributed by atoms with Gasteiger partial charge < -0.3 is 4.18 Å². The Hall–Kier alpha value is -0.610. The average molecular weight is 270 g/mol. The van der Waals surface area contributed by atoms with E-state index >= 15 is 0 Å². The fourth-order valence-corrected chi connectivity index (χ4v) is 2.64. The average Bonchev–Trinajstić information content (AvgIpc) is 2.26. The number of aryl methyl sites for hydroxylation is 1. The maximum atomic E-state index is 6.31. The highest BCUT2D eigenvalue weighted by atomic mass is 32.3. The molecule has 0 aliphatic carbocycles. The van der Waals surface area contributed by atoms with Gasteiger partial charge in [-0.15, -0.1) is 10.3 Å². The molecule has 0 saturated heterocycles. The van der Waals surface area contributed by atoms with E-state index < -0.39 is 10.3 Å². The fourth-order valence-electron chi connectivity index (χ4n) is 1.54. The molecule has 1 aromatic heterocycles. The normalized spacial score (nSPS) is 15.5. The third-order valence-electron chi connectivity index (χ3n) is 3.39. The summed E-state index contributed by atoms with van der Waals surface area (Å²) in [4.78, 5) is 8.82. The molecule has 1 atom stereocenters. The first kappa shape index (κ1) is 15.4. The summed E-state index contributed by atoms with van der Waals surface area (Å²) in [6, 6.07) is 0. The van der Waals surface area contributed by atoms with Crippen LogP contribution in [0.5, 0.6) is 0 Å². The van der Waals surface area contributed by atoms with Crippen LogP contribution in [0.1, 0.15) is 52.1 Å².